The van der Waals surface area contributed by atoms with Crippen molar-refractivity contribution in [1.82, 2.24) is 15.6 Å². The molecule has 0 aliphatic heterocycles. The molecule has 0 aliphatic carbocycles. The Bertz CT molecular complexity index is 676. The van der Waals surface area contributed by atoms with Gasteiger partial charge in [0, 0.05) is 42.9 Å². The van der Waals surface area contributed by atoms with Gasteiger partial charge in [0.2, 0.25) is 0 Å². The van der Waals surface area contributed by atoms with Gasteiger partial charge in [-0.1, -0.05) is 35.3 Å². The van der Waals surface area contributed by atoms with E-state index in [1.807, 2.05) is 30.3 Å². The van der Waals surface area contributed by atoms with Gasteiger partial charge in [-0.2, -0.15) is 0 Å². The number of aromatic nitrogens is 1. The third kappa shape index (κ3) is 7.20. The summed E-state index contributed by atoms with van der Waals surface area (Å²) in [6.45, 7) is 2.33. The van der Waals surface area contributed by atoms with E-state index in [0.29, 0.717) is 16.6 Å². The Kier molecular flexibility index (Phi) is 8.35. The number of unbranched alkanes of at least 4 members (excludes halogenated alkanes) is 1. The van der Waals surface area contributed by atoms with Crippen LogP contribution in [0.5, 0.6) is 0 Å². The number of guanidine groups is 1. The van der Waals surface area contributed by atoms with Gasteiger partial charge in [-0.25, -0.2) is 4.98 Å². The van der Waals surface area contributed by atoms with E-state index in [1.165, 1.54) is 0 Å². The summed E-state index contributed by atoms with van der Waals surface area (Å²) in [6, 6.07) is 11.3. The lowest BCUT2D eigenvalue weighted by Crippen LogP contribution is -2.37. The third-order valence-electron chi connectivity index (χ3n) is 3.55. The van der Waals surface area contributed by atoms with Gasteiger partial charge in [0.15, 0.2) is 5.96 Å². The molecule has 0 amide bonds. The molecule has 0 spiro atoms. The molecule has 0 saturated carbocycles. The van der Waals surface area contributed by atoms with Crippen LogP contribution >= 0.6 is 23.2 Å². The van der Waals surface area contributed by atoms with Gasteiger partial charge in [0.1, 0.15) is 5.82 Å². The van der Waals surface area contributed by atoms with E-state index in [9.17, 15) is 0 Å². The molecule has 0 saturated heterocycles. The molecule has 0 atom stereocenters. The summed E-state index contributed by atoms with van der Waals surface area (Å²) >= 11 is 12.1. The molecule has 5 nitrogen and oxygen atoms in total. The minimum absolute atomic E-state index is 0.594. The van der Waals surface area contributed by atoms with Crippen LogP contribution in [0, 0.1) is 0 Å². The number of aliphatic imine (C=N–C) groups is 1. The maximum absolute atomic E-state index is 6.17. The Morgan fingerprint density at radius 2 is 1.92 bits per heavy atom. The van der Waals surface area contributed by atoms with E-state index in [4.69, 9.17) is 23.2 Å². The van der Waals surface area contributed by atoms with Crippen molar-refractivity contribution in [1.29, 1.82) is 0 Å². The van der Waals surface area contributed by atoms with Crippen LogP contribution in [0.2, 0.25) is 10.0 Å². The first-order valence-electron chi connectivity index (χ1n) is 8.22. The van der Waals surface area contributed by atoms with Crippen molar-refractivity contribution in [3.8, 4) is 0 Å². The fourth-order valence-electron chi connectivity index (χ4n) is 2.21. The molecule has 3 N–H and O–H groups in total. The Hall–Kier alpha value is -1.98. The molecule has 2 aromatic rings. The number of anilines is 1. The maximum Gasteiger partial charge on any atom is 0.191 e. The highest BCUT2D eigenvalue weighted by atomic mass is 35.5. The molecule has 134 valence electrons. The lowest BCUT2D eigenvalue weighted by molar-refractivity contribution is 0.711. The van der Waals surface area contributed by atoms with E-state index in [2.05, 4.69) is 25.9 Å². The first kappa shape index (κ1) is 19.3. The SMILES string of the molecule is CN=C(NCCCCNc1ccccn1)NCc1ccc(Cl)cc1Cl. The Balaban J connectivity index is 1.62. The largest absolute Gasteiger partial charge is 0.370 e. The second kappa shape index (κ2) is 10.8. The lowest BCUT2D eigenvalue weighted by atomic mass is 10.2. The van der Waals surface area contributed by atoms with Crippen LogP contribution in [-0.4, -0.2) is 31.1 Å². The van der Waals surface area contributed by atoms with E-state index < -0.39 is 0 Å². The van der Waals surface area contributed by atoms with Crippen LogP contribution in [0.25, 0.3) is 0 Å². The van der Waals surface area contributed by atoms with Gasteiger partial charge in [0.25, 0.3) is 0 Å². The summed E-state index contributed by atoms with van der Waals surface area (Å²) in [4.78, 5) is 8.44. The van der Waals surface area contributed by atoms with Crippen molar-refractivity contribution in [2.45, 2.75) is 19.4 Å². The number of hydrogen-bond donors (Lipinski definition) is 3. The van der Waals surface area contributed by atoms with Crippen LogP contribution in [0.3, 0.4) is 0 Å². The summed E-state index contributed by atoms with van der Waals surface area (Å²) in [5.74, 6) is 1.66. The molecule has 0 fully saturated rings. The van der Waals surface area contributed by atoms with Crippen molar-refractivity contribution in [2.24, 2.45) is 4.99 Å². The van der Waals surface area contributed by atoms with Gasteiger partial charge >= 0.3 is 0 Å². The predicted molar refractivity (Wildman–Crippen MR) is 107 cm³/mol. The molecule has 0 bridgehead atoms. The highest BCUT2D eigenvalue weighted by Crippen LogP contribution is 2.20. The normalized spacial score (nSPS) is 11.2. The fourth-order valence-corrected chi connectivity index (χ4v) is 2.68. The fraction of sp³-hybridized carbons (Fsp3) is 0.333. The topological polar surface area (TPSA) is 61.3 Å². The summed E-state index contributed by atoms with van der Waals surface area (Å²) in [5.41, 5.74) is 0.980. The smallest absolute Gasteiger partial charge is 0.191 e. The molecule has 0 radical (unpaired) electrons. The Labute approximate surface area is 158 Å². The lowest BCUT2D eigenvalue weighted by Gasteiger charge is -2.13. The predicted octanol–water partition coefficient (Wildman–Crippen LogP) is 3.95. The van der Waals surface area contributed by atoms with Crippen molar-refractivity contribution in [3.05, 3.63) is 58.2 Å². The molecule has 1 heterocycles. The van der Waals surface area contributed by atoms with E-state index in [-0.39, 0.29) is 0 Å². The summed E-state index contributed by atoms with van der Waals surface area (Å²) in [6.07, 6.45) is 3.86. The second-order valence-electron chi connectivity index (χ2n) is 5.44. The molecular weight excluding hydrogens is 357 g/mol. The standard InChI is InChI=1S/C18H23Cl2N5/c1-21-18(25-13-14-7-8-15(19)12-16(14)20)24-11-5-4-10-23-17-6-2-3-9-22-17/h2-3,6-9,12H,4-5,10-11,13H2,1H3,(H,22,23)(H2,21,24,25). The van der Waals surface area contributed by atoms with Crippen LogP contribution in [-0.2, 0) is 6.54 Å². The summed E-state index contributed by atoms with van der Waals surface area (Å²) < 4.78 is 0. The van der Waals surface area contributed by atoms with Gasteiger partial charge in [-0.3, -0.25) is 4.99 Å². The number of pyridine rings is 1. The third-order valence-corrected chi connectivity index (χ3v) is 4.14. The quantitative estimate of drug-likeness (QED) is 0.369. The number of halogens is 2. The molecule has 0 unspecified atom stereocenters. The molecule has 1 aromatic heterocycles. The zero-order valence-electron chi connectivity index (χ0n) is 14.2. The zero-order chi connectivity index (χ0) is 17.9. The number of benzene rings is 1. The monoisotopic (exact) mass is 379 g/mol. The maximum atomic E-state index is 6.17. The van der Waals surface area contributed by atoms with Gasteiger partial charge in [0.05, 0.1) is 0 Å². The van der Waals surface area contributed by atoms with E-state index >= 15 is 0 Å². The first-order valence-corrected chi connectivity index (χ1v) is 8.98. The van der Waals surface area contributed by atoms with Crippen molar-refractivity contribution in [3.63, 3.8) is 0 Å². The summed E-state index contributed by atoms with van der Waals surface area (Å²) in [7, 11) is 1.75. The number of nitrogens with zero attached hydrogens (tertiary/aromatic N) is 2. The molecule has 25 heavy (non-hydrogen) atoms. The van der Waals surface area contributed by atoms with Gasteiger partial charge < -0.3 is 16.0 Å². The van der Waals surface area contributed by atoms with Gasteiger partial charge in [-0.15, -0.1) is 0 Å². The highest BCUT2D eigenvalue weighted by molar-refractivity contribution is 6.35. The minimum atomic E-state index is 0.594. The molecule has 1 aromatic carbocycles. The van der Waals surface area contributed by atoms with E-state index in [0.717, 1.165) is 43.3 Å². The van der Waals surface area contributed by atoms with E-state index in [1.54, 1.807) is 19.3 Å². The first-order chi connectivity index (χ1) is 12.2. The number of hydrogen-bond acceptors (Lipinski definition) is 3. The Morgan fingerprint density at radius 3 is 2.64 bits per heavy atom. The van der Waals surface area contributed by atoms with Gasteiger partial charge in [-0.05, 0) is 42.7 Å². The molecule has 0 aliphatic rings. The van der Waals surface area contributed by atoms with Crippen molar-refractivity contribution < 1.29 is 0 Å². The summed E-state index contributed by atoms with van der Waals surface area (Å²) in [5, 5.41) is 11.1. The zero-order valence-corrected chi connectivity index (χ0v) is 15.7. The van der Waals surface area contributed by atoms with Crippen LogP contribution < -0.4 is 16.0 Å². The molecular formula is C18H23Cl2N5. The van der Waals surface area contributed by atoms with Crippen LogP contribution in [0.1, 0.15) is 18.4 Å². The molecule has 7 heteroatoms. The molecule has 2 rings (SSSR count). The average Bonchev–Trinajstić information content (AvgIpc) is 2.62. The van der Waals surface area contributed by atoms with Crippen molar-refractivity contribution >= 4 is 35.0 Å². The van der Waals surface area contributed by atoms with Crippen LogP contribution in [0.4, 0.5) is 5.82 Å². The average molecular weight is 380 g/mol. The van der Waals surface area contributed by atoms with Crippen molar-refractivity contribution in [2.75, 3.05) is 25.5 Å². The minimum Gasteiger partial charge on any atom is -0.370 e. The van der Waals surface area contributed by atoms with Crippen LogP contribution in [0.15, 0.2) is 47.6 Å². The second-order valence-corrected chi connectivity index (χ2v) is 6.28. The number of rotatable bonds is 8. The number of nitrogens with one attached hydrogen (secondary N) is 3. The Morgan fingerprint density at radius 1 is 1.08 bits per heavy atom. The highest BCUT2D eigenvalue weighted by Gasteiger charge is 2.03.